The van der Waals surface area contributed by atoms with Crippen molar-refractivity contribution in [3.8, 4) is 0 Å². The number of rotatable bonds is 4. The highest BCUT2D eigenvalue weighted by Gasteiger charge is 2.30. The van der Waals surface area contributed by atoms with Crippen LogP contribution in [0.2, 0.25) is 0 Å². The van der Waals surface area contributed by atoms with E-state index >= 15 is 0 Å². The second-order valence-corrected chi connectivity index (χ2v) is 14.6. The predicted molar refractivity (Wildman–Crippen MR) is 173 cm³/mol. The van der Waals surface area contributed by atoms with Crippen molar-refractivity contribution in [2.45, 2.75) is 76.7 Å². The molecule has 8 nitrogen and oxygen atoms in total. The van der Waals surface area contributed by atoms with Gasteiger partial charge in [-0.1, -0.05) is 0 Å². The minimum absolute atomic E-state index is 0.176. The third-order valence-electron chi connectivity index (χ3n) is 8.28. The molecule has 2 aromatic carbocycles. The van der Waals surface area contributed by atoms with E-state index in [1.54, 1.807) is 0 Å². The van der Waals surface area contributed by atoms with E-state index in [0.717, 1.165) is 80.2 Å². The fourth-order valence-corrected chi connectivity index (χ4v) is 7.98. The number of hydrogen-bond acceptors (Lipinski definition) is 4. The molecule has 0 bridgehead atoms. The van der Waals surface area contributed by atoms with Crippen molar-refractivity contribution in [1.29, 1.82) is 0 Å². The molecule has 4 atom stereocenters. The second-order valence-electron chi connectivity index (χ2n) is 11.3. The first-order chi connectivity index (χ1) is 19.9. The van der Waals surface area contributed by atoms with Gasteiger partial charge in [-0.05, 0) is 120 Å². The highest BCUT2D eigenvalue weighted by Crippen LogP contribution is 2.40. The van der Waals surface area contributed by atoms with Gasteiger partial charge in [-0.3, -0.25) is 4.18 Å². The number of fused-ring (bicyclic) bond motifs is 2. The van der Waals surface area contributed by atoms with Crippen LogP contribution < -0.4 is 0 Å². The van der Waals surface area contributed by atoms with Crippen molar-refractivity contribution >= 4 is 75.2 Å². The molecule has 2 fully saturated rings. The SMILES string of the molecule is [C-]#[N+]c1cc2c(Br)cn([C@@H]3CC[C@@H](O)C3)c2cc1C.[C-]#[N+]c1cc2c(Br)cn([C@@H]3CC[C@@H](OS(C)(=O)=O)C3)c2cc1C. The molecule has 4 aromatic rings. The molecule has 1 N–H and O–H groups in total. The number of hydrogen-bond donors (Lipinski definition) is 1. The van der Waals surface area contributed by atoms with Crippen molar-refractivity contribution in [3.05, 3.63) is 79.6 Å². The zero-order valence-corrected chi connectivity index (χ0v) is 27.6. The Morgan fingerprint density at radius 2 is 1.31 bits per heavy atom. The molecule has 0 aliphatic heterocycles. The first-order valence-corrected chi connectivity index (χ1v) is 17.2. The normalized spacial score (nSPS) is 22.2. The molecule has 2 aliphatic carbocycles. The predicted octanol–water partition coefficient (Wildman–Crippen LogP) is 8.68. The molecule has 42 heavy (non-hydrogen) atoms. The van der Waals surface area contributed by atoms with E-state index in [2.05, 4.69) is 62.9 Å². The van der Waals surface area contributed by atoms with Gasteiger partial charge in [0.15, 0.2) is 11.4 Å². The van der Waals surface area contributed by atoms with Crippen LogP contribution in [0.3, 0.4) is 0 Å². The van der Waals surface area contributed by atoms with Crippen molar-refractivity contribution < 1.29 is 17.7 Å². The van der Waals surface area contributed by atoms with E-state index in [0.29, 0.717) is 23.8 Å². The number of benzene rings is 2. The van der Waals surface area contributed by atoms with Gasteiger partial charge >= 0.3 is 0 Å². The molecule has 0 saturated heterocycles. The fourth-order valence-electron chi connectivity index (χ4n) is 6.23. The zero-order chi connectivity index (χ0) is 30.3. The Balaban J connectivity index is 0.000000171. The summed E-state index contributed by atoms with van der Waals surface area (Å²) < 4.78 is 34.1. The number of halogens is 2. The summed E-state index contributed by atoms with van der Waals surface area (Å²) in [6, 6.07) is 8.52. The van der Waals surface area contributed by atoms with Crippen LogP contribution >= 0.6 is 31.9 Å². The maximum atomic E-state index is 11.3. The lowest BCUT2D eigenvalue weighted by Gasteiger charge is -2.15. The van der Waals surface area contributed by atoms with Crippen LogP contribution in [0.5, 0.6) is 0 Å². The maximum Gasteiger partial charge on any atom is 0.264 e. The minimum atomic E-state index is -3.42. The van der Waals surface area contributed by atoms with Crippen LogP contribution in [-0.2, 0) is 14.3 Å². The van der Waals surface area contributed by atoms with Gasteiger partial charge in [0.2, 0.25) is 0 Å². The third-order valence-corrected chi connectivity index (χ3v) is 10.2. The van der Waals surface area contributed by atoms with Crippen LogP contribution in [0, 0.1) is 27.0 Å². The number of aryl methyl sites for hydroxylation is 2. The van der Waals surface area contributed by atoms with Crippen LogP contribution in [0.1, 0.15) is 61.7 Å². The van der Waals surface area contributed by atoms with E-state index in [4.69, 9.17) is 17.3 Å². The van der Waals surface area contributed by atoms with Crippen molar-refractivity contribution in [1.82, 2.24) is 9.13 Å². The van der Waals surface area contributed by atoms with Crippen molar-refractivity contribution in [2.24, 2.45) is 0 Å². The summed E-state index contributed by atoms with van der Waals surface area (Å²) in [4.78, 5) is 7.11. The van der Waals surface area contributed by atoms with Gasteiger partial charge in [0.05, 0.1) is 31.6 Å². The summed E-state index contributed by atoms with van der Waals surface area (Å²) in [7, 11) is -3.42. The summed E-state index contributed by atoms with van der Waals surface area (Å²) in [5, 5.41) is 11.8. The molecule has 220 valence electrons. The number of aromatic nitrogens is 2. The van der Waals surface area contributed by atoms with Crippen molar-refractivity contribution in [3.63, 3.8) is 0 Å². The first kappa shape index (κ1) is 30.8. The lowest BCUT2D eigenvalue weighted by atomic mass is 10.1. The molecule has 2 aliphatic rings. The molecular weight excluding hydrogens is 684 g/mol. The number of nitrogens with zero attached hydrogens (tertiary/aromatic N) is 4. The van der Waals surface area contributed by atoms with E-state index in [1.165, 1.54) is 0 Å². The zero-order valence-electron chi connectivity index (χ0n) is 23.6. The molecule has 0 spiro atoms. The Labute approximate surface area is 263 Å². The molecular formula is C31H32Br2N4O4S. The van der Waals surface area contributed by atoms with Crippen LogP contribution in [-0.4, -0.2) is 41.1 Å². The van der Waals surface area contributed by atoms with Crippen LogP contribution in [0.15, 0.2) is 45.6 Å². The van der Waals surface area contributed by atoms with Crippen LogP contribution in [0.25, 0.3) is 31.5 Å². The molecule has 6 rings (SSSR count). The molecule has 2 saturated carbocycles. The number of aliphatic hydroxyl groups is 1. The van der Waals surface area contributed by atoms with Gasteiger partial charge in [-0.2, -0.15) is 8.42 Å². The standard InChI is InChI=1S/C16H17BrN2O3S.C15H15BrN2O/c1-10-6-16-13(8-15(10)18-2)14(17)9-19(16)11-4-5-12(7-11)22-23(3,20)21;1-9-5-15-12(7-14(9)17-2)13(16)8-18(15)10-3-4-11(19)6-10/h6,8-9,11-12H,4-5,7H2,1,3H3;5,7-8,10-11,19H,3-4,6H2,1H3/t11-,12-;10-,11-/m11/s1. The fraction of sp³-hybridized carbons (Fsp3) is 0.419. The molecule has 2 aromatic heterocycles. The molecule has 11 heteroatoms. The monoisotopic (exact) mass is 714 g/mol. The summed E-state index contributed by atoms with van der Waals surface area (Å²) >= 11 is 7.15. The Morgan fingerprint density at radius 1 is 0.833 bits per heavy atom. The highest BCUT2D eigenvalue weighted by atomic mass is 79.9. The summed E-state index contributed by atoms with van der Waals surface area (Å²) in [6.07, 6.45) is 9.76. The molecule has 0 amide bonds. The van der Waals surface area contributed by atoms with Gasteiger partial charge < -0.3 is 14.2 Å². The summed E-state index contributed by atoms with van der Waals surface area (Å²) in [6.45, 7) is 18.4. The van der Waals surface area contributed by atoms with Crippen molar-refractivity contribution in [2.75, 3.05) is 6.26 Å². The maximum absolute atomic E-state index is 11.3. The van der Waals surface area contributed by atoms with Gasteiger partial charge in [0.1, 0.15) is 0 Å². The quantitative estimate of drug-likeness (QED) is 0.169. The lowest BCUT2D eigenvalue weighted by Crippen LogP contribution is -2.15. The van der Waals surface area contributed by atoms with Gasteiger partial charge in [-0.15, -0.1) is 0 Å². The highest BCUT2D eigenvalue weighted by molar-refractivity contribution is 9.11. The smallest absolute Gasteiger partial charge is 0.264 e. The Kier molecular flexibility index (Phi) is 8.90. The average molecular weight is 716 g/mol. The Bertz CT molecular complexity index is 1870. The second kappa shape index (κ2) is 12.1. The largest absolute Gasteiger partial charge is 0.393 e. The Hall–Kier alpha value is -2.67. The molecule has 0 radical (unpaired) electrons. The van der Waals surface area contributed by atoms with Gasteiger partial charge in [-0.25, -0.2) is 9.69 Å². The van der Waals surface area contributed by atoms with E-state index in [1.807, 2.05) is 38.2 Å². The van der Waals surface area contributed by atoms with E-state index in [9.17, 15) is 13.5 Å². The lowest BCUT2D eigenvalue weighted by molar-refractivity contribution is 0.178. The van der Waals surface area contributed by atoms with Gasteiger partial charge in [0.25, 0.3) is 10.1 Å². The first-order valence-electron chi connectivity index (χ1n) is 13.8. The molecule has 2 heterocycles. The summed E-state index contributed by atoms with van der Waals surface area (Å²) in [5.41, 5.74) is 5.52. The van der Waals surface area contributed by atoms with Gasteiger partial charge in [0, 0.05) is 55.2 Å². The average Bonchev–Trinajstić information content (AvgIpc) is 3.70. The van der Waals surface area contributed by atoms with E-state index in [-0.39, 0.29) is 18.2 Å². The third kappa shape index (κ3) is 6.31. The molecule has 0 unspecified atom stereocenters. The van der Waals surface area contributed by atoms with E-state index < -0.39 is 10.1 Å². The minimum Gasteiger partial charge on any atom is -0.393 e. The topological polar surface area (TPSA) is 82.2 Å². The van der Waals surface area contributed by atoms with Crippen LogP contribution in [0.4, 0.5) is 11.4 Å². The Morgan fingerprint density at radius 3 is 1.74 bits per heavy atom. The summed E-state index contributed by atoms with van der Waals surface area (Å²) in [5.74, 6) is 0. The number of aliphatic hydroxyl groups excluding tert-OH is 1.